The summed E-state index contributed by atoms with van der Waals surface area (Å²) in [6.45, 7) is 0. The summed E-state index contributed by atoms with van der Waals surface area (Å²) in [4.78, 5) is 13.8. The normalized spacial score (nSPS) is 14.3. The van der Waals surface area contributed by atoms with Gasteiger partial charge in [0, 0.05) is 28.5 Å². The number of rotatable bonds is 5. The smallest absolute Gasteiger partial charge is 0.225 e. The van der Waals surface area contributed by atoms with Crippen molar-refractivity contribution in [1.29, 1.82) is 0 Å². The molecule has 2 heterocycles. The van der Waals surface area contributed by atoms with Crippen molar-refractivity contribution in [2.24, 2.45) is 0 Å². The molecule has 4 rings (SSSR count). The molecular formula is C20H20BrN5. The zero-order chi connectivity index (χ0) is 17.8. The number of anilines is 3. The third-order valence-electron chi connectivity index (χ3n) is 4.44. The van der Waals surface area contributed by atoms with Crippen LogP contribution >= 0.6 is 15.9 Å². The number of pyridine rings is 1. The van der Waals surface area contributed by atoms with E-state index < -0.39 is 0 Å². The molecule has 1 aliphatic rings. The van der Waals surface area contributed by atoms with Crippen molar-refractivity contribution in [3.8, 4) is 11.4 Å². The number of benzene rings is 1. The standard InChI is InChI=1S/C20H20BrN5/c21-14-6-5-9-16(12-14)23-19-13-18(17-10-3-4-11-22-17)25-20(26-19)24-15-7-1-2-8-15/h3-6,9-13,15H,1-2,7-8H2,(H2,23,24,25,26). The van der Waals surface area contributed by atoms with E-state index in [1.807, 2.05) is 48.5 Å². The molecule has 6 heteroatoms. The van der Waals surface area contributed by atoms with Gasteiger partial charge < -0.3 is 10.6 Å². The molecule has 26 heavy (non-hydrogen) atoms. The maximum Gasteiger partial charge on any atom is 0.225 e. The van der Waals surface area contributed by atoms with Crippen LogP contribution in [0.15, 0.2) is 59.2 Å². The van der Waals surface area contributed by atoms with E-state index in [0.29, 0.717) is 12.0 Å². The largest absolute Gasteiger partial charge is 0.351 e. The average Bonchev–Trinajstić information content (AvgIpc) is 3.15. The molecule has 0 bridgehead atoms. The van der Waals surface area contributed by atoms with E-state index in [1.165, 1.54) is 25.7 Å². The fourth-order valence-corrected chi connectivity index (χ4v) is 3.59. The molecule has 5 nitrogen and oxygen atoms in total. The SMILES string of the molecule is Brc1cccc(Nc2cc(-c3ccccn3)nc(NC3CCCC3)n2)c1. The van der Waals surface area contributed by atoms with E-state index in [-0.39, 0.29) is 0 Å². The number of hydrogen-bond acceptors (Lipinski definition) is 5. The van der Waals surface area contributed by atoms with Crippen LogP contribution in [0.3, 0.4) is 0 Å². The maximum atomic E-state index is 4.69. The minimum absolute atomic E-state index is 0.452. The number of hydrogen-bond donors (Lipinski definition) is 2. The Morgan fingerprint density at radius 1 is 0.923 bits per heavy atom. The molecule has 0 unspecified atom stereocenters. The molecule has 0 amide bonds. The molecule has 132 valence electrons. The predicted octanol–water partition coefficient (Wildman–Crippen LogP) is 5.40. The Hall–Kier alpha value is -2.47. The lowest BCUT2D eigenvalue weighted by Crippen LogP contribution is -2.17. The summed E-state index contributed by atoms with van der Waals surface area (Å²) in [5.74, 6) is 1.40. The second-order valence-electron chi connectivity index (χ2n) is 6.44. The monoisotopic (exact) mass is 409 g/mol. The summed E-state index contributed by atoms with van der Waals surface area (Å²) < 4.78 is 1.02. The van der Waals surface area contributed by atoms with E-state index >= 15 is 0 Å². The van der Waals surface area contributed by atoms with Gasteiger partial charge in [0.1, 0.15) is 5.82 Å². The van der Waals surface area contributed by atoms with Crippen LogP contribution in [0.5, 0.6) is 0 Å². The van der Waals surface area contributed by atoms with Crippen molar-refractivity contribution < 1.29 is 0 Å². The highest BCUT2D eigenvalue weighted by molar-refractivity contribution is 9.10. The Morgan fingerprint density at radius 3 is 2.58 bits per heavy atom. The number of aromatic nitrogens is 3. The summed E-state index contributed by atoms with van der Waals surface area (Å²) in [6, 6.07) is 16.2. The second-order valence-corrected chi connectivity index (χ2v) is 7.35. The van der Waals surface area contributed by atoms with Crippen LogP contribution in [-0.2, 0) is 0 Å². The van der Waals surface area contributed by atoms with Crippen LogP contribution in [-0.4, -0.2) is 21.0 Å². The number of halogens is 1. The van der Waals surface area contributed by atoms with Gasteiger partial charge in [-0.2, -0.15) is 4.98 Å². The van der Waals surface area contributed by atoms with Crippen LogP contribution in [0.4, 0.5) is 17.5 Å². The van der Waals surface area contributed by atoms with Crippen LogP contribution in [0, 0.1) is 0 Å². The van der Waals surface area contributed by atoms with Crippen molar-refractivity contribution in [3.63, 3.8) is 0 Å². The van der Waals surface area contributed by atoms with Gasteiger partial charge in [-0.3, -0.25) is 4.98 Å². The van der Waals surface area contributed by atoms with Crippen molar-refractivity contribution in [1.82, 2.24) is 15.0 Å². The van der Waals surface area contributed by atoms with Gasteiger partial charge in [-0.05, 0) is 43.2 Å². The van der Waals surface area contributed by atoms with Crippen LogP contribution in [0.25, 0.3) is 11.4 Å². The van der Waals surface area contributed by atoms with Crippen molar-refractivity contribution in [2.45, 2.75) is 31.7 Å². The van der Waals surface area contributed by atoms with E-state index in [2.05, 4.69) is 36.5 Å². The molecule has 1 aromatic carbocycles. The molecule has 1 saturated carbocycles. The van der Waals surface area contributed by atoms with Crippen molar-refractivity contribution >= 4 is 33.4 Å². The van der Waals surface area contributed by atoms with Gasteiger partial charge in [0.2, 0.25) is 5.95 Å². The van der Waals surface area contributed by atoms with E-state index in [4.69, 9.17) is 4.98 Å². The van der Waals surface area contributed by atoms with Gasteiger partial charge in [0.15, 0.2) is 0 Å². The van der Waals surface area contributed by atoms with Gasteiger partial charge >= 0.3 is 0 Å². The number of nitrogens with zero attached hydrogens (tertiary/aromatic N) is 3. The lowest BCUT2D eigenvalue weighted by atomic mass is 10.2. The maximum absolute atomic E-state index is 4.69. The van der Waals surface area contributed by atoms with Gasteiger partial charge in [-0.15, -0.1) is 0 Å². The Balaban J connectivity index is 1.67. The topological polar surface area (TPSA) is 62.7 Å². The molecule has 1 aliphatic carbocycles. The molecule has 0 aliphatic heterocycles. The molecule has 1 fully saturated rings. The molecule has 0 saturated heterocycles. The molecular weight excluding hydrogens is 390 g/mol. The highest BCUT2D eigenvalue weighted by Crippen LogP contribution is 2.26. The molecule has 0 spiro atoms. The Morgan fingerprint density at radius 2 is 1.81 bits per heavy atom. The summed E-state index contributed by atoms with van der Waals surface area (Å²) >= 11 is 3.50. The summed E-state index contributed by atoms with van der Waals surface area (Å²) in [7, 11) is 0. The fraction of sp³-hybridized carbons (Fsp3) is 0.250. The van der Waals surface area contributed by atoms with Gasteiger partial charge in [0.25, 0.3) is 0 Å². The zero-order valence-electron chi connectivity index (χ0n) is 14.3. The minimum Gasteiger partial charge on any atom is -0.351 e. The summed E-state index contributed by atoms with van der Waals surface area (Å²) in [6.07, 6.45) is 6.65. The quantitative estimate of drug-likeness (QED) is 0.590. The van der Waals surface area contributed by atoms with Crippen LogP contribution < -0.4 is 10.6 Å². The summed E-state index contributed by atoms with van der Waals surface area (Å²) in [5, 5.41) is 6.86. The lowest BCUT2D eigenvalue weighted by Gasteiger charge is -2.15. The minimum atomic E-state index is 0.452. The summed E-state index contributed by atoms with van der Waals surface area (Å²) in [5.41, 5.74) is 2.61. The van der Waals surface area contributed by atoms with Crippen LogP contribution in [0.1, 0.15) is 25.7 Å². The molecule has 3 aromatic rings. The lowest BCUT2D eigenvalue weighted by molar-refractivity contribution is 0.744. The first-order chi connectivity index (χ1) is 12.8. The third kappa shape index (κ3) is 4.19. The first-order valence-corrected chi connectivity index (χ1v) is 9.65. The first-order valence-electron chi connectivity index (χ1n) is 8.86. The van der Waals surface area contributed by atoms with E-state index in [1.54, 1.807) is 6.20 Å². The highest BCUT2D eigenvalue weighted by atomic mass is 79.9. The Bertz CT molecular complexity index is 878. The second kappa shape index (κ2) is 7.83. The molecule has 2 aromatic heterocycles. The molecule has 2 N–H and O–H groups in total. The number of nitrogens with one attached hydrogen (secondary N) is 2. The predicted molar refractivity (Wildman–Crippen MR) is 109 cm³/mol. The molecule has 0 atom stereocenters. The average molecular weight is 410 g/mol. The van der Waals surface area contributed by atoms with Crippen molar-refractivity contribution in [3.05, 3.63) is 59.2 Å². The molecule has 0 radical (unpaired) electrons. The highest BCUT2D eigenvalue weighted by Gasteiger charge is 2.17. The Kier molecular flexibility index (Phi) is 5.11. The zero-order valence-corrected chi connectivity index (χ0v) is 15.9. The Labute approximate surface area is 161 Å². The van der Waals surface area contributed by atoms with Gasteiger partial charge in [-0.25, -0.2) is 4.98 Å². The van der Waals surface area contributed by atoms with Gasteiger partial charge in [-0.1, -0.05) is 40.9 Å². The van der Waals surface area contributed by atoms with Crippen molar-refractivity contribution in [2.75, 3.05) is 10.6 Å². The van der Waals surface area contributed by atoms with E-state index in [9.17, 15) is 0 Å². The fourth-order valence-electron chi connectivity index (χ4n) is 3.19. The third-order valence-corrected chi connectivity index (χ3v) is 4.93. The van der Waals surface area contributed by atoms with Gasteiger partial charge in [0.05, 0.1) is 11.4 Å². The van der Waals surface area contributed by atoms with E-state index in [0.717, 1.165) is 27.4 Å². The first kappa shape index (κ1) is 17.0. The van der Waals surface area contributed by atoms with Crippen LogP contribution in [0.2, 0.25) is 0 Å².